The summed E-state index contributed by atoms with van der Waals surface area (Å²) < 4.78 is 0. The normalized spacial score (nSPS) is 32.1. The van der Waals surface area contributed by atoms with E-state index in [1.165, 1.54) is 25.7 Å². The minimum absolute atomic E-state index is 0.604. The molecule has 2 aromatic heterocycles. The molecule has 20 heavy (non-hydrogen) atoms. The number of anilines is 1. The second kappa shape index (κ2) is 4.19. The topological polar surface area (TPSA) is 70.8 Å². The van der Waals surface area contributed by atoms with Crippen LogP contribution in [0, 0.1) is 11.3 Å². The minimum Gasteiger partial charge on any atom is -0.356 e. The van der Waals surface area contributed by atoms with Crippen LogP contribution in [0.25, 0.3) is 11.0 Å². The quantitative estimate of drug-likeness (QED) is 0.894. The third-order valence-corrected chi connectivity index (χ3v) is 5.33. The lowest BCUT2D eigenvalue weighted by molar-refractivity contribution is -0.0362. The van der Waals surface area contributed by atoms with E-state index in [0.29, 0.717) is 11.5 Å². The maximum Gasteiger partial charge on any atom is 0.142 e. The van der Waals surface area contributed by atoms with Crippen molar-refractivity contribution in [3.05, 3.63) is 18.6 Å². The van der Waals surface area contributed by atoms with Gasteiger partial charge in [0, 0.05) is 19.3 Å². The van der Waals surface area contributed by atoms with E-state index in [4.69, 9.17) is 5.73 Å². The maximum atomic E-state index is 5.74. The van der Waals surface area contributed by atoms with E-state index >= 15 is 0 Å². The number of hydrogen-bond acceptors (Lipinski definition) is 4. The van der Waals surface area contributed by atoms with E-state index in [0.717, 1.165) is 29.3 Å². The highest BCUT2D eigenvalue weighted by Crippen LogP contribution is 2.59. The first kappa shape index (κ1) is 12.1. The van der Waals surface area contributed by atoms with Crippen molar-refractivity contribution in [2.75, 3.05) is 18.5 Å². The summed E-state index contributed by atoms with van der Waals surface area (Å²) >= 11 is 0. The van der Waals surface area contributed by atoms with Crippen LogP contribution >= 0.6 is 0 Å². The van der Waals surface area contributed by atoms with Crippen LogP contribution in [-0.2, 0) is 0 Å². The molecule has 106 valence electrons. The van der Waals surface area contributed by atoms with Gasteiger partial charge in [-0.2, -0.15) is 0 Å². The molecule has 2 aliphatic carbocycles. The fraction of sp³-hybridized carbons (Fsp3) is 0.600. The number of fused-ring (bicyclic) bond motifs is 1. The lowest BCUT2D eigenvalue weighted by Crippen LogP contribution is -2.56. The second-order valence-electron chi connectivity index (χ2n) is 6.62. The molecule has 0 unspecified atom stereocenters. The second-order valence-corrected chi connectivity index (χ2v) is 6.62. The molecule has 1 spiro atoms. The van der Waals surface area contributed by atoms with Gasteiger partial charge in [-0.15, -0.1) is 0 Å². The van der Waals surface area contributed by atoms with Gasteiger partial charge in [0.25, 0.3) is 0 Å². The Morgan fingerprint density at radius 2 is 2.15 bits per heavy atom. The number of hydrogen-bond donors (Lipinski definition) is 2. The first-order chi connectivity index (χ1) is 9.71. The zero-order valence-corrected chi connectivity index (χ0v) is 11.8. The Morgan fingerprint density at radius 3 is 2.90 bits per heavy atom. The zero-order valence-electron chi connectivity index (χ0n) is 11.8. The standard InChI is InChI=1S/C15H21N5/c1-20(11-6-15(7-11)4-10(5-15)8-16)14-12-2-3-17-13(12)18-9-19-14/h2-3,9-11H,4-8,16H2,1H3,(H,17,18,19). The molecule has 0 radical (unpaired) electrons. The number of nitrogens with zero attached hydrogens (tertiary/aromatic N) is 3. The summed E-state index contributed by atoms with van der Waals surface area (Å²) in [5.41, 5.74) is 7.26. The predicted molar refractivity (Wildman–Crippen MR) is 79.5 cm³/mol. The summed E-state index contributed by atoms with van der Waals surface area (Å²) in [7, 11) is 2.16. The molecule has 0 aromatic carbocycles. The number of rotatable bonds is 3. The molecule has 0 amide bonds. The van der Waals surface area contributed by atoms with Crippen LogP contribution in [0.3, 0.4) is 0 Å². The number of aromatic nitrogens is 3. The molecule has 0 aliphatic heterocycles. The summed E-state index contributed by atoms with van der Waals surface area (Å²) in [6.07, 6.45) is 8.81. The van der Waals surface area contributed by atoms with Gasteiger partial charge < -0.3 is 15.6 Å². The Morgan fingerprint density at radius 1 is 1.35 bits per heavy atom. The van der Waals surface area contributed by atoms with Gasteiger partial charge in [-0.05, 0) is 49.6 Å². The SMILES string of the molecule is CN(c1ncnc2[nH]ccc12)C1CC2(CC(CN)C2)C1. The molecule has 2 heterocycles. The van der Waals surface area contributed by atoms with Crippen LogP contribution in [0.4, 0.5) is 5.82 Å². The Labute approximate surface area is 118 Å². The van der Waals surface area contributed by atoms with Gasteiger partial charge in [-0.1, -0.05) is 0 Å². The molecule has 5 heteroatoms. The first-order valence-corrected chi connectivity index (χ1v) is 7.42. The molecule has 0 bridgehead atoms. The molecule has 2 aromatic rings. The first-order valence-electron chi connectivity index (χ1n) is 7.42. The summed E-state index contributed by atoms with van der Waals surface area (Å²) in [5.74, 6) is 1.82. The van der Waals surface area contributed by atoms with E-state index in [-0.39, 0.29) is 0 Å². The van der Waals surface area contributed by atoms with Gasteiger partial charge in [0.1, 0.15) is 17.8 Å². The van der Waals surface area contributed by atoms with Crippen LogP contribution in [0.5, 0.6) is 0 Å². The summed E-state index contributed by atoms with van der Waals surface area (Å²) in [4.78, 5) is 14.2. The Bertz CT molecular complexity index is 620. The molecule has 2 fully saturated rings. The van der Waals surface area contributed by atoms with Crippen LogP contribution < -0.4 is 10.6 Å². The fourth-order valence-electron chi connectivity index (χ4n) is 4.19. The number of H-pyrrole nitrogens is 1. The van der Waals surface area contributed by atoms with Crippen LogP contribution in [-0.4, -0.2) is 34.6 Å². The van der Waals surface area contributed by atoms with Gasteiger partial charge >= 0.3 is 0 Å². The van der Waals surface area contributed by atoms with Gasteiger partial charge in [0.2, 0.25) is 0 Å². The highest BCUT2D eigenvalue weighted by molar-refractivity contribution is 5.87. The van der Waals surface area contributed by atoms with E-state index in [1.54, 1.807) is 6.33 Å². The minimum atomic E-state index is 0.604. The van der Waals surface area contributed by atoms with Crippen LogP contribution in [0.1, 0.15) is 25.7 Å². The van der Waals surface area contributed by atoms with Crippen molar-refractivity contribution in [1.29, 1.82) is 0 Å². The molecule has 2 saturated carbocycles. The average molecular weight is 271 g/mol. The van der Waals surface area contributed by atoms with Crippen molar-refractivity contribution in [3.8, 4) is 0 Å². The van der Waals surface area contributed by atoms with Crippen molar-refractivity contribution >= 4 is 16.9 Å². The number of nitrogens with one attached hydrogen (secondary N) is 1. The summed E-state index contributed by atoms with van der Waals surface area (Å²) in [5, 5.41) is 1.12. The maximum absolute atomic E-state index is 5.74. The highest BCUT2D eigenvalue weighted by atomic mass is 15.2. The van der Waals surface area contributed by atoms with Crippen molar-refractivity contribution in [2.24, 2.45) is 17.1 Å². The summed E-state index contributed by atoms with van der Waals surface area (Å²) in [6.45, 7) is 0.859. The monoisotopic (exact) mass is 271 g/mol. The molecule has 2 aliphatic rings. The number of aromatic amines is 1. The molecule has 4 rings (SSSR count). The summed E-state index contributed by atoms with van der Waals surface area (Å²) in [6, 6.07) is 2.67. The van der Waals surface area contributed by atoms with Crippen molar-refractivity contribution in [1.82, 2.24) is 15.0 Å². The molecular formula is C15H21N5. The van der Waals surface area contributed by atoms with Gasteiger partial charge in [0.15, 0.2) is 0 Å². The zero-order chi connectivity index (χ0) is 13.7. The van der Waals surface area contributed by atoms with E-state index in [1.807, 2.05) is 6.20 Å². The van der Waals surface area contributed by atoms with Crippen molar-refractivity contribution in [3.63, 3.8) is 0 Å². The van der Waals surface area contributed by atoms with Gasteiger partial charge in [-0.3, -0.25) is 0 Å². The largest absolute Gasteiger partial charge is 0.356 e. The number of nitrogens with two attached hydrogens (primary N) is 1. The smallest absolute Gasteiger partial charge is 0.142 e. The van der Waals surface area contributed by atoms with Crippen molar-refractivity contribution < 1.29 is 0 Å². The molecular weight excluding hydrogens is 250 g/mol. The molecule has 0 saturated heterocycles. The Balaban J connectivity index is 1.49. The van der Waals surface area contributed by atoms with Crippen LogP contribution in [0.2, 0.25) is 0 Å². The highest BCUT2D eigenvalue weighted by Gasteiger charge is 2.53. The van der Waals surface area contributed by atoms with E-state index < -0.39 is 0 Å². The predicted octanol–water partition coefficient (Wildman–Crippen LogP) is 1.91. The van der Waals surface area contributed by atoms with Gasteiger partial charge in [0.05, 0.1) is 5.39 Å². The fourth-order valence-corrected chi connectivity index (χ4v) is 4.19. The lowest BCUT2D eigenvalue weighted by Gasteiger charge is -2.59. The van der Waals surface area contributed by atoms with E-state index in [9.17, 15) is 0 Å². The molecule has 5 nitrogen and oxygen atoms in total. The molecule has 0 atom stereocenters. The van der Waals surface area contributed by atoms with E-state index in [2.05, 4.69) is 33.0 Å². The van der Waals surface area contributed by atoms with Gasteiger partial charge in [-0.25, -0.2) is 9.97 Å². The van der Waals surface area contributed by atoms with Crippen molar-refractivity contribution in [2.45, 2.75) is 31.7 Å². The Kier molecular flexibility index (Phi) is 2.54. The lowest BCUT2D eigenvalue weighted by atomic mass is 9.50. The average Bonchev–Trinajstić information content (AvgIpc) is 2.83. The Hall–Kier alpha value is -1.62. The third kappa shape index (κ3) is 1.66. The molecule has 3 N–H and O–H groups in total. The van der Waals surface area contributed by atoms with Crippen LogP contribution in [0.15, 0.2) is 18.6 Å². The third-order valence-electron chi connectivity index (χ3n) is 5.33.